The first kappa shape index (κ1) is 13.1. The Morgan fingerprint density at radius 2 is 1.88 bits per heavy atom. The number of hydrogen-bond acceptors (Lipinski definition) is 2. The van der Waals surface area contributed by atoms with E-state index in [0.29, 0.717) is 11.7 Å². The highest BCUT2D eigenvalue weighted by atomic mass is 32.2. The second kappa shape index (κ2) is 5.08. The molecule has 0 aromatic rings. The molecular weight excluding hydrogens is 251 g/mol. The monoisotopic (exact) mass is 267 g/mol. The SMILES string of the molecule is O=C1[C@@H](SC2CCCC2)CCN1CC(F)(F)F. The minimum Gasteiger partial charge on any atom is -0.333 e. The number of thioether (sulfide) groups is 1. The number of amides is 1. The van der Waals surface area contributed by atoms with E-state index in [9.17, 15) is 18.0 Å². The highest BCUT2D eigenvalue weighted by Gasteiger charge is 2.40. The second-order valence-electron chi connectivity index (χ2n) is 4.69. The van der Waals surface area contributed by atoms with Gasteiger partial charge in [0.2, 0.25) is 5.91 Å². The fourth-order valence-electron chi connectivity index (χ4n) is 2.47. The van der Waals surface area contributed by atoms with E-state index in [1.807, 2.05) is 0 Å². The Hall–Kier alpha value is -0.390. The maximum atomic E-state index is 12.2. The summed E-state index contributed by atoms with van der Waals surface area (Å²) in [5, 5.41) is 0.246. The van der Waals surface area contributed by atoms with Crippen LogP contribution in [0.1, 0.15) is 32.1 Å². The van der Waals surface area contributed by atoms with Crippen LogP contribution in [0.4, 0.5) is 13.2 Å². The van der Waals surface area contributed by atoms with Crippen molar-refractivity contribution in [3.05, 3.63) is 0 Å². The van der Waals surface area contributed by atoms with Gasteiger partial charge in [-0.3, -0.25) is 4.79 Å². The topological polar surface area (TPSA) is 20.3 Å². The zero-order valence-corrected chi connectivity index (χ0v) is 10.3. The Labute approximate surface area is 103 Å². The molecule has 0 spiro atoms. The Morgan fingerprint density at radius 3 is 2.47 bits per heavy atom. The van der Waals surface area contributed by atoms with Gasteiger partial charge in [-0.15, -0.1) is 11.8 Å². The summed E-state index contributed by atoms with van der Waals surface area (Å²) in [6.07, 6.45) is 0.871. The summed E-state index contributed by atoms with van der Waals surface area (Å²) in [5.74, 6) is -0.320. The molecule has 0 radical (unpaired) electrons. The molecule has 0 unspecified atom stereocenters. The first-order chi connectivity index (χ1) is 7.96. The van der Waals surface area contributed by atoms with Gasteiger partial charge in [-0.05, 0) is 19.3 Å². The molecule has 0 aromatic heterocycles. The fraction of sp³-hybridized carbons (Fsp3) is 0.909. The quantitative estimate of drug-likeness (QED) is 0.783. The molecule has 6 heteroatoms. The number of carbonyl (C=O) groups is 1. The lowest BCUT2D eigenvalue weighted by molar-refractivity contribution is -0.157. The van der Waals surface area contributed by atoms with Crippen LogP contribution in [-0.2, 0) is 4.79 Å². The van der Waals surface area contributed by atoms with Crippen LogP contribution in [0.25, 0.3) is 0 Å². The Bertz CT molecular complexity index is 289. The average Bonchev–Trinajstić information content (AvgIpc) is 2.81. The zero-order chi connectivity index (χ0) is 12.5. The van der Waals surface area contributed by atoms with Crippen LogP contribution in [0.15, 0.2) is 0 Å². The van der Waals surface area contributed by atoms with Crippen LogP contribution in [0, 0.1) is 0 Å². The molecule has 2 fully saturated rings. The smallest absolute Gasteiger partial charge is 0.333 e. The lowest BCUT2D eigenvalue weighted by Gasteiger charge is -2.19. The summed E-state index contributed by atoms with van der Waals surface area (Å²) in [4.78, 5) is 12.7. The molecule has 1 heterocycles. The minimum absolute atomic E-state index is 0.236. The average molecular weight is 267 g/mol. The van der Waals surface area contributed by atoms with E-state index in [4.69, 9.17) is 0 Å². The molecule has 1 atom stereocenters. The standard InChI is InChI=1S/C11H16F3NOS/c12-11(13,14)7-15-6-5-9(10(15)16)17-8-3-1-2-4-8/h8-9H,1-7H2/t9-/m0/s1. The summed E-state index contributed by atoms with van der Waals surface area (Å²) in [7, 11) is 0. The third-order valence-corrected chi connectivity index (χ3v) is 4.90. The highest BCUT2D eigenvalue weighted by Crippen LogP contribution is 2.36. The van der Waals surface area contributed by atoms with Gasteiger partial charge in [-0.1, -0.05) is 12.8 Å². The molecule has 0 bridgehead atoms. The molecule has 1 saturated heterocycles. The van der Waals surface area contributed by atoms with Gasteiger partial charge in [-0.25, -0.2) is 0 Å². The van der Waals surface area contributed by atoms with Crippen LogP contribution in [-0.4, -0.2) is 40.6 Å². The second-order valence-corrected chi connectivity index (χ2v) is 6.20. The first-order valence-electron chi connectivity index (χ1n) is 5.97. The third-order valence-electron chi connectivity index (χ3n) is 3.28. The number of nitrogens with zero attached hydrogens (tertiary/aromatic N) is 1. The number of halogens is 3. The molecular formula is C11H16F3NOS. The van der Waals surface area contributed by atoms with Crippen molar-refractivity contribution < 1.29 is 18.0 Å². The van der Waals surface area contributed by atoms with Crippen molar-refractivity contribution in [3.63, 3.8) is 0 Å². The maximum Gasteiger partial charge on any atom is 0.406 e. The number of rotatable bonds is 3. The van der Waals surface area contributed by atoms with Gasteiger partial charge in [-0.2, -0.15) is 13.2 Å². The van der Waals surface area contributed by atoms with Gasteiger partial charge in [0.05, 0.1) is 5.25 Å². The molecule has 1 amide bonds. The summed E-state index contributed by atoms with van der Waals surface area (Å²) < 4.78 is 36.6. The predicted molar refractivity (Wildman–Crippen MR) is 60.9 cm³/mol. The van der Waals surface area contributed by atoms with Crippen molar-refractivity contribution in [2.75, 3.05) is 13.1 Å². The molecule has 17 heavy (non-hydrogen) atoms. The molecule has 1 aliphatic heterocycles. The molecule has 2 rings (SSSR count). The number of hydrogen-bond donors (Lipinski definition) is 0. The van der Waals surface area contributed by atoms with E-state index in [1.165, 1.54) is 12.8 Å². The predicted octanol–water partition coefficient (Wildman–Crippen LogP) is 2.83. The summed E-state index contributed by atoms with van der Waals surface area (Å²) in [6, 6.07) is 0. The largest absolute Gasteiger partial charge is 0.406 e. The van der Waals surface area contributed by atoms with Crippen LogP contribution in [0.5, 0.6) is 0 Å². The fourth-order valence-corrected chi connectivity index (χ4v) is 4.04. The molecule has 0 N–H and O–H groups in total. The van der Waals surface area contributed by atoms with E-state index in [-0.39, 0.29) is 17.7 Å². The zero-order valence-electron chi connectivity index (χ0n) is 9.50. The van der Waals surface area contributed by atoms with Crippen LogP contribution in [0.3, 0.4) is 0 Å². The third kappa shape index (κ3) is 3.53. The maximum absolute atomic E-state index is 12.2. The van der Waals surface area contributed by atoms with Gasteiger partial charge in [0.15, 0.2) is 0 Å². The number of likely N-dealkylation sites (tertiary alicyclic amines) is 1. The van der Waals surface area contributed by atoms with Crippen molar-refractivity contribution in [1.29, 1.82) is 0 Å². The van der Waals surface area contributed by atoms with Crippen molar-refractivity contribution >= 4 is 17.7 Å². The molecule has 98 valence electrons. The van der Waals surface area contributed by atoms with Crippen LogP contribution < -0.4 is 0 Å². The van der Waals surface area contributed by atoms with E-state index in [1.54, 1.807) is 11.8 Å². The molecule has 1 aliphatic carbocycles. The molecule has 0 aromatic carbocycles. The van der Waals surface area contributed by atoms with Crippen LogP contribution in [0.2, 0.25) is 0 Å². The minimum atomic E-state index is -4.28. The van der Waals surface area contributed by atoms with Crippen molar-refractivity contribution in [2.45, 2.75) is 48.8 Å². The Balaban J connectivity index is 1.84. The summed E-state index contributed by atoms with van der Waals surface area (Å²) >= 11 is 1.59. The Morgan fingerprint density at radius 1 is 1.24 bits per heavy atom. The first-order valence-corrected chi connectivity index (χ1v) is 6.91. The van der Waals surface area contributed by atoms with E-state index in [2.05, 4.69) is 0 Å². The summed E-state index contributed by atoms with van der Waals surface area (Å²) in [6.45, 7) is -0.837. The lowest BCUT2D eigenvalue weighted by Crippen LogP contribution is -2.37. The van der Waals surface area contributed by atoms with Crippen molar-refractivity contribution in [2.24, 2.45) is 0 Å². The van der Waals surface area contributed by atoms with Crippen LogP contribution >= 0.6 is 11.8 Å². The van der Waals surface area contributed by atoms with Crippen molar-refractivity contribution in [1.82, 2.24) is 4.90 Å². The highest BCUT2D eigenvalue weighted by molar-refractivity contribution is 8.01. The molecule has 2 nitrogen and oxygen atoms in total. The van der Waals surface area contributed by atoms with Crippen molar-refractivity contribution in [3.8, 4) is 0 Å². The summed E-state index contributed by atoms with van der Waals surface area (Å²) in [5.41, 5.74) is 0. The van der Waals surface area contributed by atoms with Gasteiger partial charge in [0, 0.05) is 11.8 Å². The van der Waals surface area contributed by atoms with Gasteiger partial charge in [0.25, 0.3) is 0 Å². The van der Waals surface area contributed by atoms with E-state index >= 15 is 0 Å². The lowest BCUT2D eigenvalue weighted by atomic mass is 10.3. The molecule has 2 aliphatic rings. The van der Waals surface area contributed by atoms with Gasteiger partial charge in [0.1, 0.15) is 6.54 Å². The molecule has 1 saturated carbocycles. The number of alkyl halides is 3. The Kier molecular flexibility index (Phi) is 3.90. The normalized spacial score (nSPS) is 27.1. The number of carbonyl (C=O) groups excluding carboxylic acids is 1. The van der Waals surface area contributed by atoms with Gasteiger partial charge < -0.3 is 4.90 Å². The van der Waals surface area contributed by atoms with E-state index < -0.39 is 12.7 Å². The van der Waals surface area contributed by atoms with Gasteiger partial charge >= 0.3 is 6.18 Å². The van der Waals surface area contributed by atoms with E-state index in [0.717, 1.165) is 17.7 Å².